The number of benzene rings is 2. The van der Waals surface area contributed by atoms with E-state index in [4.69, 9.17) is 4.74 Å². The SMILES string of the molecule is COc1cccc([C@H](O)[C@H](C)N[C@H](C)c2ccccc2)c1. The summed E-state index contributed by atoms with van der Waals surface area (Å²) in [5.41, 5.74) is 2.07. The van der Waals surface area contributed by atoms with Gasteiger partial charge in [-0.3, -0.25) is 0 Å². The first-order valence-corrected chi connectivity index (χ1v) is 7.25. The van der Waals surface area contributed by atoms with E-state index in [0.29, 0.717) is 0 Å². The molecule has 0 aliphatic rings. The van der Waals surface area contributed by atoms with Gasteiger partial charge in [-0.2, -0.15) is 0 Å². The van der Waals surface area contributed by atoms with Gasteiger partial charge in [-0.05, 0) is 37.1 Å². The maximum atomic E-state index is 10.5. The van der Waals surface area contributed by atoms with Crippen LogP contribution in [0, 0.1) is 0 Å². The molecule has 3 atom stereocenters. The van der Waals surface area contributed by atoms with Gasteiger partial charge >= 0.3 is 0 Å². The Labute approximate surface area is 126 Å². The zero-order valence-corrected chi connectivity index (χ0v) is 12.8. The van der Waals surface area contributed by atoms with Crippen LogP contribution in [0.15, 0.2) is 54.6 Å². The normalized spacial score (nSPS) is 15.2. The summed E-state index contributed by atoms with van der Waals surface area (Å²) in [6.45, 7) is 4.09. The number of ether oxygens (including phenoxy) is 1. The topological polar surface area (TPSA) is 41.5 Å². The smallest absolute Gasteiger partial charge is 0.119 e. The highest BCUT2D eigenvalue weighted by Gasteiger charge is 2.19. The van der Waals surface area contributed by atoms with Gasteiger partial charge in [0.2, 0.25) is 0 Å². The molecule has 112 valence electrons. The monoisotopic (exact) mass is 285 g/mol. The second-order valence-electron chi connectivity index (χ2n) is 5.31. The Bertz CT molecular complexity index is 556. The molecule has 0 aliphatic heterocycles. The van der Waals surface area contributed by atoms with Crippen LogP contribution >= 0.6 is 0 Å². The average molecular weight is 285 g/mol. The van der Waals surface area contributed by atoms with Crippen molar-refractivity contribution >= 4 is 0 Å². The van der Waals surface area contributed by atoms with Crippen molar-refractivity contribution in [1.82, 2.24) is 5.32 Å². The molecule has 0 saturated carbocycles. The summed E-state index contributed by atoms with van der Waals surface area (Å²) in [6.07, 6.45) is -0.578. The number of rotatable bonds is 6. The Morgan fingerprint density at radius 1 is 0.952 bits per heavy atom. The summed E-state index contributed by atoms with van der Waals surface area (Å²) < 4.78 is 5.20. The molecule has 0 spiro atoms. The number of methoxy groups -OCH3 is 1. The summed E-state index contributed by atoms with van der Waals surface area (Å²) in [5.74, 6) is 0.759. The van der Waals surface area contributed by atoms with Crippen molar-refractivity contribution in [2.24, 2.45) is 0 Å². The van der Waals surface area contributed by atoms with Crippen LogP contribution < -0.4 is 10.1 Å². The fraction of sp³-hybridized carbons (Fsp3) is 0.333. The fourth-order valence-electron chi connectivity index (χ4n) is 2.44. The number of aliphatic hydroxyl groups is 1. The lowest BCUT2D eigenvalue weighted by molar-refractivity contribution is 0.130. The van der Waals surface area contributed by atoms with Crippen LogP contribution in [0.2, 0.25) is 0 Å². The number of hydrogen-bond acceptors (Lipinski definition) is 3. The second-order valence-corrected chi connectivity index (χ2v) is 5.31. The lowest BCUT2D eigenvalue weighted by Gasteiger charge is -2.25. The van der Waals surface area contributed by atoms with Crippen LogP contribution in [0.5, 0.6) is 5.75 Å². The van der Waals surface area contributed by atoms with E-state index in [1.54, 1.807) is 7.11 Å². The average Bonchev–Trinajstić information content (AvgIpc) is 2.54. The van der Waals surface area contributed by atoms with Crippen LogP contribution in [0.25, 0.3) is 0 Å². The molecule has 0 aliphatic carbocycles. The van der Waals surface area contributed by atoms with E-state index in [1.165, 1.54) is 5.56 Å². The van der Waals surface area contributed by atoms with E-state index in [9.17, 15) is 5.11 Å². The minimum Gasteiger partial charge on any atom is -0.497 e. The zero-order chi connectivity index (χ0) is 15.2. The van der Waals surface area contributed by atoms with Gasteiger partial charge in [0.1, 0.15) is 5.75 Å². The van der Waals surface area contributed by atoms with Gasteiger partial charge in [0.25, 0.3) is 0 Å². The quantitative estimate of drug-likeness (QED) is 0.854. The van der Waals surface area contributed by atoms with Gasteiger partial charge < -0.3 is 15.2 Å². The molecule has 2 N–H and O–H groups in total. The van der Waals surface area contributed by atoms with E-state index >= 15 is 0 Å². The van der Waals surface area contributed by atoms with Crippen LogP contribution in [0.4, 0.5) is 0 Å². The van der Waals surface area contributed by atoms with Crippen molar-refractivity contribution in [1.29, 1.82) is 0 Å². The van der Waals surface area contributed by atoms with Gasteiger partial charge in [-0.1, -0.05) is 42.5 Å². The largest absolute Gasteiger partial charge is 0.497 e. The van der Waals surface area contributed by atoms with Gasteiger partial charge in [0, 0.05) is 12.1 Å². The molecule has 0 amide bonds. The molecule has 0 radical (unpaired) electrons. The molecule has 21 heavy (non-hydrogen) atoms. The van der Waals surface area contributed by atoms with Crippen LogP contribution in [-0.2, 0) is 0 Å². The maximum absolute atomic E-state index is 10.5. The van der Waals surface area contributed by atoms with Crippen LogP contribution in [-0.4, -0.2) is 18.3 Å². The summed E-state index contributed by atoms with van der Waals surface area (Å²) >= 11 is 0. The van der Waals surface area contributed by atoms with E-state index < -0.39 is 6.10 Å². The minimum absolute atomic E-state index is 0.0627. The molecule has 3 nitrogen and oxygen atoms in total. The van der Waals surface area contributed by atoms with Gasteiger partial charge in [0.15, 0.2) is 0 Å². The lowest BCUT2D eigenvalue weighted by atomic mass is 10.0. The minimum atomic E-state index is -0.578. The van der Waals surface area contributed by atoms with Crippen LogP contribution in [0.1, 0.15) is 37.1 Å². The lowest BCUT2D eigenvalue weighted by Crippen LogP contribution is -2.34. The molecule has 2 aromatic carbocycles. The number of hydrogen-bond donors (Lipinski definition) is 2. The zero-order valence-electron chi connectivity index (χ0n) is 12.8. The molecule has 3 heteroatoms. The predicted octanol–water partition coefficient (Wildman–Crippen LogP) is 3.47. The maximum Gasteiger partial charge on any atom is 0.119 e. The Morgan fingerprint density at radius 2 is 1.62 bits per heavy atom. The van der Waals surface area contributed by atoms with Crippen LogP contribution in [0.3, 0.4) is 0 Å². The van der Waals surface area contributed by atoms with Crippen molar-refractivity contribution in [3.8, 4) is 5.75 Å². The molecular formula is C18H23NO2. The van der Waals surface area contributed by atoms with E-state index in [2.05, 4.69) is 24.4 Å². The predicted molar refractivity (Wildman–Crippen MR) is 85.4 cm³/mol. The molecule has 2 aromatic rings. The third kappa shape index (κ3) is 4.06. The first-order chi connectivity index (χ1) is 10.1. The first kappa shape index (κ1) is 15.5. The third-order valence-electron chi connectivity index (χ3n) is 3.72. The summed E-state index contributed by atoms with van der Waals surface area (Å²) in [5, 5.41) is 13.9. The molecule has 0 heterocycles. The van der Waals surface area contributed by atoms with Crippen molar-refractivity contribution in [2.45, 2.75) is 32.0 Å². The van der Waals surface area contributed by atoms with Crippen molar-refractivity contribution in [3.05, 3.63) is 65.7 Å². The highest BCUT2D eigenvalue weighted by atomic mass is 16.5. The molecule has 0 unspecified atom stereocenters. The molecule has 0 aromatic heterocycles. The molecular weight excluding hydrogens is 262 g/mol. The number of nitrogens with one attached hydrogen (secondary N) is 1. The van der Waals surface area contributed by atoms with Gasteiger partial charge in [-0.15, -0.1) is 0 Å². The van der Waals surface area contributed by atoms with Gasteiger partial charge in [0.05, 0.1) is 13.2 Å². The molecule has 0 fully saturated rings. The number of aliphatic hydroxyl groups excluding tert-OH is 1. The summed E-state index contributed by atoms with van der Waals surface area (Å²) in [6, 6.07) is 17.9. The molecule has 0 bridgehead atoms. The van der Waals surface area contributed by atoms with Crippen molar-refractivity contribution < 1.29 is 9.84 Å². The Kier molecular flexibility index (Phi) is 5.37. The highest BCUT2D eigenvalue weighted by Crippen LogP contribution is 2.23. The highest BCUT2D eigenvalue weighted by molar-refractivity contribution is 5.30. The third-order valence-corrected chi connectivity index (χ3v) is 3.72. The summed E-state index contributed by atoms with van der Waals surface area (Å²) in [4.78, 5) is 0. The summed E-state index contributed by atoms with van der Waals surface area (Å²) in [7, 11) is 1.63. The standard InChI is InChI=1S/C18H23NO2/c1-13(15-8-5-4-6-9-15)19-14(2)18(20)16-10-7-11-17(12-16)21-3/h4-14,18-20H,1-3H3/t13-,14+,18-/m1/s1. The Hall–Kier alpha value is -1.84. The molecule has 2 rings (SSSR count). The van der Waals surface area contributed by atoms with E-state index in [0.717, 1.165) is 11.3 Å². The first-order valence-electron chi connectivity index (χ1n) is 7.25. The van der Waals surface area contributed by atoms with Crippen molar-refractivity contribution in [2.75, 3.05) is 7.11 Å². The Morgan fingerprint density at radius 3 is 2.29 bits per heavy atom. The Balaban J connectivity index is 2.03. The van der Waals surface area contributed by atoms with E-state index in [-0.39, 0.29) is 12.1 Å². The van der Waals surface area contributed by atoms with Crippen molar-refractivity contribution in [3.63, 3.8) is 0 Å². The fourth-order valence-corrected chi connectivity index (χ4v) is 2.44. The van der Waals surface area contributed by atoms with Gasteiger partial charge in [-0.25, -0.2) is 0 Å². The van der Waals surface area contributed by atoms with E-state index in [1.807, 2.05) is 49.4 Å². The molecule has 0 saturated heterocycles. The second kappa shape index (κ2) is 7.25.